The van der Waals surface area contributed by atoms with Gasteiger partial charge in [-0.15, -0.1) is 0 Å². The molecule has 0 radical (unpaired) electrons. The van der Waals surface area contributed by atoms with Gasteiger partial charge in [-0.25, -0.2) is 0 Å². The smallest absolute Gasteiger partial charge is 0.166 e. The summed E-state index contributed by atoms with van der Waals surface area (Å²) in [7, 11) is 1.74. The molecule has 0 aromatic heterocycles. The van der Waals surface area contributed by atoms with Crippen molar-refractivity contribution in [2.45, 2.75) is 44.6 Å². The van der Waals surface area contributed by atoms with Crippen molar-refractivity contribution in [1.82, 2.24) is 10.6 Å². The summed E-state index contributed by atoms with van der Waals surface area (Å²) in [5.74, 6) is 3.83. The second-order valence-electron chi connectivity index (χ2n) is 6.70. The van der Waals surface area contributed by atoms with Crippen LogP contribution in [-0.4, -0.2) is 31.4 Å². The third-order valence-corrected chi connectivity index (χ3v) is 5.60. The average Bonchev–Trinajstić information content (AvgIpc) is 2.38. The molecule has 0 amide bonds. The summed E-state index contributed by atoms with van der Waals surface area (Å²) in [4.78, 5) is 0. The molecular weight excluding hydrogens is 256 g/mol. The normalized spacial score (nSPS) is 39.3. The molecule has 4 saturated carbocycles. The van der Waals surface area contributed by atoms with Crippen LogP contribution in [0.3, 0.4) is 0 Å². The third-order valence-electron chi connectivity index (χ3n) is 5.34. The van der Waals surface area contributed by atoms with Crippen molar-refractivity contribution in [3.63, 3.8) is 0 Å². The zero-order valence-electron chi connectivity index (χ0n) is 11.9. The van der Waals surface area contributed by atoms with E-state index in [-0.39, 0.29) is 0 Å². The first-order chi connectivity index (χ1) is 9.26. The molecular formula is C15H26N2OS. The number of thiocarbonyl (C=S) groups is 1. The first kappa shape index (κ1) is 13.6. The fourth-order valence-corrected chi connectivity index (χ4v) is 5.02. The van der Waals surface area contributed by atoms with Gasteiger partial charge >= 0.3 is 0 Å². The lowest BCUT2D eigenvalue weighted by atomic mass is 9.54. The second kappa shape index (κ2) is 5.96. The highest BCUT2D eigenvalue weighted by atomic mass is 32.1. The van der Waals surface area contributed by atoms with Crippen LogP contribution >= 0.6 is 12.2 Å². The Morgan fingerprint density at radius 2 is 1.74 bits per heavy atom. The van der Waals surface area contributed by atoms with Gasteiger partial charge in [-0.2, -0.15) is 0 Å². The van der Waals surface area contributed by atoms with E-state index in [9.17, 15) is 0 Å². The molecule has 0 aromatic rings. The zero-order chi connectivity index (χ0) is 13.2. The summed E-state index contributed by atoms with van der Waals surface area (Å²) in [6, 6.07) is 0.648. The maximum Gasteiger partial charge on any atom is 0.166 e. The summed E-state index contributed by atoms with van der Waals surface area (Å²) in [5.41, 5.74) is 0. The number of ether oxygens (including phenoxy) is 1. The molecule has 0 aliphatic heterocycles. The minimum atomic E-state index is 0.648. The standard InChI is InChI=1S/C15H26N2OS/c1-18-4-2-3-16-15(19)17-14-12-6-10-5-11(8-12)9-13(14)7-10/h10-14H,2-9H2,1H3,(H2,16,17,19). The monoisotopic (exact) mass is 282 g/mol. The molecule has 0 aromatic carbocycles. The summed E-state index contributed by atoms with van der Waals surface area (Å²) in [6.07, 6.45) is 8.29. The van der Waals surface area contributed by atoms with Crippen LogP contribution in [0.2, 0.25) is 0 Å². The van der Waals surface area contributed by atoms with Crippen LogP contribution in [0, 0.1) is 23.7 Å². The van der Waals surface area contributed by atoms with E-state index < -0.39 is 0 Å². The zero-order valence-corrected chi connectivity index (χ0v) is 12.7. The minimum absolute atomic E-state index is 0.648. The Kier molecular flexibility index (Phi) is 4.27. The number of methoxy groups -OCH3 is 1. The lowest BCUT2D eigenvalue weighted by Crippen LogP contribution is -2.57. The van der Waals surface area contributed by atoms with E-state index in [1.165, 1.54) is 32.1 Å². The molecule has 4 aliphatic rings. The van der Waals surface area contributed by atoms with Crippen LogP contribution in [0.5, 0.6) is 0 Å². The van der Waals surface area contributed by atoms with E-state index in [0.29, 0.717) is 6.04 Å². The van der Waals surface area contributed by atoms with E-state index in [2.05, 4.69) is 10.6 Å². The largest absolute Gasteiger partial charge is 0.385 e. The van der Waals surface area contributed by atoms with Crippen molar-refractivity contribution in [3.05, 3.63) is 0 Å². The molecule has 0 atom stereocenters. The first-order valence-corrected chi connectivity index (χ1v) is 8.20. The van der Waals surface area contributed by atoms with Gasteiger partial charge in [-0.3, -0.25) is 0 Å². The van der Waals surface area contributed by atoms with E-state index >= 15 is 0 Å². The molecule has 2 N–H and O–H groups in total. The maximum atomic E-state index is 5.44. The summed E-state index contributed by atoms with van der Waals surface area (Å²) < 4.78 is 5.05. The molecule has 4 rings (SSSR count). The van der Waals surface area contributed by atoms with Gasteiger partial charge in [0.05, 0.1) is 0 Å². The van der Waals surface area contributed by atoms with Crippen molar-refractivity contribution < 1.29 is 4.74 Å². The fourth-order valence-electron chi connectivity index (χ4n) is 4.78. The number of hydrogen-bond acceptors (Lipinski definition) is 2. The number of nitrogens with one attached hydrogen (secondary N) is 2. The lowest BCUT2D eigenvalue weighted by Gasteiger charge is -2.54. The Labute approximate surface area is 121 Å². The predicted molar refractivity (Wildman–Crippen MR) is 81.1 cm³/mol. The maximum absolute atomic E-state index is 5.44. The van der Waals surface area contributed by atoms with Crippen molar-refractivity contribution in [2.75, 3.05) is 20.3 Å². The van der Waals surface area contributed by atoms with Crippen LogP contribution in [-0.2, 0) is 4.74 Å². The molecule has 3 nitrogen and oxygen atoms in total. The fraction of sp³-hybridized carbons (Fsp3) is 0.933. The van der Waals surface area contributed by atoms with E-state index in [0.717, 1.165) is 48.4 Å². The van der Waals surface area contributed by atoms with Crippen molar-refractivity contribution >= 4 is 17.3 Å². The highest BCUT2D eigenvalue weighted by molar-refractivity contribution is 7.80. The van der Waals surface area contributed by atoms with E-state index in [4.69, 9.17) is 17.0 Å². The molecule has 0 saturated heterocycles. The van der Waals surface area contributed by atoms with E-state index in [1.807, 2.05) is 0 Å². The Bertz CT molecular complexity index is 306. The summed E-state index contributed by atoms with van der Waals surface area (Å²) in [6.45, 7) is 1.71. The van der Waals surface area contributed by atoms with Gasteiger partial charge in [0.15, 0.2) is 5.11 Å². The van der Waals surface area contributed by atoms with Gasteiger partial charge in [0, 0.05) is 26.3 Å². The SMILES string of the molecule is COCCCNC(=S)NC1C2CC3CC(C2)CC1C3. The molecule has 19 heavy (non-hydrogen) atoms. The molecule has 0 unspecified atom stereocenters. The van der Waals surface area contributed by atoms with Gasteiger partial charge < -0.3 is 15.4 Å². The minimum Gasteiger partial charge on any atom is -0.385 e. The van der Waals surface area contributed by atoms with Gasteiger partial charge in [0.25, 0.3) is 0 Å². The molecule has 4 heteroatoms. The summed E-state index contributed by atoms with van der Waals surface area (Å²) in [5, 5.41) is 7.79. The summed E-state index contributed by atoms with van der Waals surface area (Å²) >= 11 is 5.44. The van der Waals surface area contributed by atoms with Crippen molar-refractivity contribution in [1.29, 1.82) is 0 Å². The van der Waals surface area contributed by atoms with Crippen LogP contribution in [0.4, 0.5) is 0 Å². The van der Waals surface area contributed by atoms with Crippen LogP contribution < -0.4 is 10.6 Å². The average molecular weight is 282 g/mol. The molecule has 4 aliphatic carbocycles. The number of rotatable bonds is 5. The van der Waals surface area contributed by atoms with Gasteiger partial charge in [0.2, 0.25) is 0 Å². The van der Waals surface area contributed by atoms with Gasteiger partial charge in [-0.05, 0) is 74.4 Å². The first-order valence-electron chi connectivity index (χ1n) is 7.79. The van der Waals surface area contributed by atoms with Crippen LogP contribution in [0.15, 0.2) is 0 Å². The molecule has 108 valence electrons. The topological polar surface area (TPSA) is 33.3 Å². The third kappa shape index (κ3) is 3.05. The highest BCUT2D eigenvalue weighted by Gasteiger charge is 2.48. The Morgan fingerprint density at radius 3 is 2.32 bits per heavy atom. The molecule has 4 bridgehead atoms. The molecule has 4 fully saturated rings. The van der Waals surface area contributed by atoms with Crippen LogP contribution in [0.1, 0.15) is 38.5 Å². The van der Waals surface area contributed by atoms with Gasteiger partial charge in [0.1, 0.15) is 0 Å². The predicted octanol–water partition coefficient (Wildman–Crippen LogP) is 2.31. The highest BCUT2D eigenvalue weighted by Crippen LogP contribution is 2.53. The lowest BCUT2D eigenvalue weighted by molar-refractivity contribution is -0.00694. The van der Waals surface area contributed by atoms with E-state index in [1.54, 1.807) is 7.11 Å². The van der Waals surface area contributed by atoms with Crippen LogP contribution in [0.25, 0.3) is 0 Å². The quantitative estimate of drug-likeness (QED) is 0.599. The Morgan fingerprint density at radius 1 is 1.11 bits per heavy atom. The van der Waals surface area contributed by atoms with Gasteiger partial charge in [-0.1, -0.05) is 0 Å². The Balaban J connectivity index is 1.46. The Hall–Kier alpha value is -0.350. The molecule has 0 heterocycles. The number of hydrogen-bond donors (Lipinski definition) is 2. The second-order valence-corrected chi connectivity index (χ2v) is 7.11. The molecule has 0 spiro atoms. The van der Waals surface area contributed by atoms with Crippen molar-refractivity contribution in [2.24, 2.45) is 23.7 Å². The van der Waals surface area contributed by atoms with Crippen molar-refractivity contribution in [3.8, 4) is 0 Å².